The zero-order valence-corrected chi connectivity index (χ0v) is 25.7. The zero-order valence-electron chi connectivity index (χ0n) is 21.3. The number of rotatable bonds is 4. The molecule has 2 nitrogen and oxygen atoms in total. The molecule has 0 saturated heterocycles. The van der Waals surface area contributed by atoms with Crippen molar-refractivity contribution in [1.29, 1.82) is 0 Å². The molecule has 0 bridgehead atoms. The number of hydrogen-bond acceptors (Lipinski definition) is 0. The Morgan fingerprint density at radius 1 is 0.655 bits per heavy atom. The van der Waals surface area contributed by atoms with E-state index < -0.39 is 16.5 Å². The number of hydrogen-bond donors (Lipinski definition) is 0. The molecule has 0 radical (unpaired) electrons. The van der Waals surface area contributed by atoms with Crippen LogP contribution in [0.4, 0.5) is 0 Å². The maximum absolute atomic E-state index is 4.95. The summed E-state index contributed by atoms with van der Waals surface area (Å²) in [6.45, 7) is 22.4. The molecule has 0 aromatic rings. The van der Waals surface area contributed by atoms with Gasteiger partial charge in [-0.2, -0.15) is 0 Å². The normalized spacial score (nSPS) is 15.9. The molecule has 0 spiro atoms. The summed E-state index contributed by atoms with van der Waals surface area (Å²) in [5, 5.41) is 3.12. The van der Waals surface area contributed by atoms with Crippen LogP contribution in [-0.4, -0.2) is 27.5 Å². The summed E-state index contributed by atoms with van der Waals surface area (Å²) < 4.78 is 0. The average Bonchev–Trinajstić information content (AvgIpc) is 3.09. The fourth-order valence-corrected chi connectivity index (χ4v) is 9.51. The van der Waals surface area contributed by atoms with Gasteiger partial charge in [0.15, 0.2) is 0 Å². The van der Waals surface area contributed by atoms with E-state index in [9.17, 15) is 0 Å². The van der Waals surface area contributed by atoms with Gasteiger partial charge in [0.25, 0.3) is 0 Å². The molecule has 2 aliphatic rings. The number of allylic oxidation sites excluding steroid dienone is 8. The van der Waals surface area contributed by atoms with Gasteiger partial charge in [-0.3, -0.25) is 0 Å². The molecule has 0 saturated carbocycles. The molecule has 5 heteroatoms. The van der Waals surface area contributed by atoms with Gasteiger partial charge in [-0.05, 0) is 29.3 Å². The van der Waals surface area contributed by atoms with E-state index in [1.165, 1.54) is 0 Å². The SMILES string of the molecule is CC(C)(C)[N-][Si](C)(C)C1=CC=CC1.CC(C)(C)[N-][Si](C)(C)C1=CC=CC1.[CH3-].[CH3-].[Zr+4]. The first-order chi connectivity index (χ1) is 11.6. The molecular weight excluding hydrogens is 464 g/mol. The molecular formula is C24H46N2Si2Zr. The van der Waals surface area contributed by atoms with E-state index in [4.69, 9.17) is 9.96 Å². The molecule has 0 aliphatic heterocycles. The van der Waals surface area contributed by atoms with Crippen molar-refractivity contribution in [2.75, 3.05) is 0 Å². The van der Waals surface area contributed by atoms with E-state index in [2.05, 4.69) is 104 Å². The summed E-state index contributed by atoms with van der Waals surface area (Å²) in [6, 6.07) is 0. The van der Waals surface area contributed by atoms with Crippen molar-refractivity contribution in [3.05, 3.63) is 71.7 Å². The van der Waals surface area contributed by atoms with Crippen LogP contribution in [0.25, 0.3) is 9.96 Å². The second kappa shape index (κ2) is 12.9. The van der Waals surface area contributed by atoms with E-state index in [1.807, 2.05) is 0 Å². The third-order valence-electron chi connectivity index (χ3n) is 4.34. The summed E-state index contributed by atoms with van der Waals surface area (Å²) >= 11 is 0. The molecule has 2 rings (SSSR count). The first-order valence-corrected chi connectivity index (χ1v) is 15.7. The molecule has 0 aromatic carbocycles. The Bertz CT molecular complexity index is 547. The van der Waals surface area contributed by atoms with Gasteiger partial charge in [-0.1, -0.05) is 115 Å². The van der Waals surface area contributed by atoms with Crippen molar-refractivity contribution in [3.63, 3.8) is 0 Å². The average molecular weight is 510 g/mol. The summed E-state index contributed by atoms with van der Waals surface area (Å²) in [6.07, 6.45) is 15.5. The van der Waals surface area contributed by atoms with Gasteiger partial charge in [0.1, 0.15) is 0 Å². The van der Waals surface area contributed by atoms with Crippen LogP contribution in [0.1, 0.15) is 54.4 Å². The number of nitrogens with zero attached hydrogens (tertiary/aromatic N) is 2. The monoisotopic (exact) mass is 508 g/mol. The Labute approximate surface area is 205 Å². The second-order valence-electron chi connectivity index (χ2n) is 10.3. The van der Waals surface area contributed by atoms with E-state index >= 15 is 0 Å². The van der Waals surface area contributed by atoms with E-state index in [0.29, 0.717) is 0 Å². The first kappa shape index (κ1) is 33.8. The van der Waals surface area contributed by atoms with Crippen LogP contribution in [0.2, 0.25) is 26.2 Å². The molecule has 0 heterocycles. The molecule has 0 amide bonds. The predicted octanol–water partition coefficient (Wildman–Crippen LogP) is 8.48. The smallest absolute Gasteiger partial charge is 0.656 e. The topological polar surface area (TPSA) is 28.2 Å². The van der Waals surface area contributed by atoms with E-state index in [-0.39, 0.29) is 52.1 Å². The van der Waals surface area contributed by atoms with E-state index in [1.54, 1.807) is 10.4 Å². The van der Waals surface area contributed by atoms with E-state index in [0.717, 1.165) is 12.8 Å². The molecule has 29 heavy (non-hydrogen) atoms. The van der Waals surface area contributed by atoms with Gasteiger partial charge in [0.05, 0.1) is 0 Å². The molecule has 0 fully saturated rings. The fraction of sp³-hybridized carbons (Fsp3) is 0.583. The Hall–Kier alpha value is 0.197. The molecule has 0 unspecified atom stereocenters. The Morgan fingerprint density at radius 2 is 0.931 bits per heavy atom. The Morgan fingerprint density at radius 3 is 1.10 bits per heavy atom. The summed E-state index contributed by atoms with van der Waals surface area (Å²) in [4.78, 5) is 9.91. The third kappa shape index (κ3) is 13.3. The maximum atomic E-state index is 4.95. The zero-order chi connectivity index (χ0) is 20.2. The van der Waals surface area contributed by atoms with Crippen molar-refractivity contribution >= 4 is 16.5 Å². The standard InChI is InChI=1S/2C11H20NSi.2CH3.Zr/c2*1-11(2,3)12-13(4,5)10-8-6-7-9-10;;;/h2*6-8H,9H2,1-5H3;2*1H3;/q4*-1;+4. The minimum Gasteiger partial charge on any atom is -0.656 e. The molecule has 2 aliphatic carbocycles. The summed E-state index contributed by atoms with van der Waals surface area (Å²) in [7, 11) is -2.96. The Kier molecular flexibility index (Phi) is 15.1. The quantitative estimate of drug-likeness (QED) is 0.268. The van der Waals surface area contributed by atoms with Crippen LogP contribution in [0.3, 0.4) is 0 Å². The maximum Gasteiger partial charge on any atom is 4.00 e. The molecule has 0 atom stereocenters. The Balaban J connectivity index is -0.000000422. The van der Waals surface area contributed by atoms with Gasteiger partial charge < -0.3 is 24.8 Å². The van der Waals surface area contributed by atoms with Crippen LogP contribution >= 0.6 is 0 Å². The molecule has 0 aromatic heterocycles. The largest absolute Gasteiger partial charge is 4.00 e. The molecule has 164 valence electrons. The minimum atomic E-state index is -1.48. The van der Waals surface area contributed by atoms with Crippen molar-refractivity contribution in [3.8, 4) is 0 Å². The van der Waals surface area contributed by atoms with Gasteiger partial charge in [0, 0.05) is 0 Å². The first-order valence-electron chi connectivity index (χ1n) is 9.83. The van der Waals surface area contributed by atoms with Crippen molar-refractivity contribution in [2.24, 2.45) is 0 Å². The predicted molar refractivity (Wildman–Crippen MR) is 138 cm³/mol. The second-order valence-corrected chi connectivity index (χ2v) is 18.3. The summed E-state index contributed by atoms with van der Waals surface area (Å²) in [5.74, 6) is 0. The van der Waals surface area contributed by atoms with Gasteiger partial charge in [-0.15, -0.1) is 11.1 Å². The van der Waals surface area contributed by atoms with Gasteiger partial charge in [0.2, 0.25) is 0 Å². The van der Waals surface area contributed by atoms with Crippen molar-refractivity contribution < 1.29 is 26.2 Å². The van der Waals surface area contributed by atoms with Crippen LogP contribution in [0.5, 0.6) is 0 Å². The van der Waals surface area contributed by atoms with Crippen LogP contribution in [-0.2, 0) is 26.2 Å². The van der Waals surface area contributed by atoms with Crippen LogP contribution < -0.4 is 0 Å². The third-order valence-corrected chi connectivity index (χ3v) is 10.7. The van der Waals surface area contributed by atoms with Gasteiger partial charge in [-0.25, -0.2) is 0 Å². The summed E-state index contributed by atoms with van der Waals surface area (Å²) in [5.41, 5.74) is 0.221. The van der Waals surface area contributed by atoms with Crippen LogP contribution in [0, 0.1) is 14.9 Å². The van der Waals surface area contributed by atoms with Crippen LogP contribution in [0.15, 0.2) is 46.8 Å². The minimum absolute atomic E-state index is 0. The van der Waals surface area contributed by atoms with Crippen molar-refractivity contribution in [2.45, 2.75) is 91.6 Å². The fourth-order valence-electron chi connectivity index (χ4n) is 3.62. The van der Waals surface area contributed by atoms with Crippen molar-refractivity contribution in [1.82, 2.24) is 0 Å². The molecule has 0 N–H and O–H groups in total. The van der Waals surface area contributed by atoms with Gasteiger partial charge >= 0.3 is 26.2 Å².